The Bertz CT molecular complexity index is 369. The average molecular weight is 286 g/mol. The largest absolute Gasteiger partial charge is 0.354 e. The number of anilines is 1. The fourth-order valence-electron chi connectivity index (χ4n) is 2.29. The Balaban J connectivity index is 2.35. The van der Waals surface area contributed by atoms with Crippen LogP contribution in [0.5, 0.6) is 0 Å². The molecule has 0 saturated heterocycles. The number of nitrogens with zero attached hydrogens (tertiary/aromatic N) is 3. The van der Waals surface area contributed by atoms with E-state index in [-0.39, 0.29) is 0 Å². The van der Waals surface area contributed by atoms with Gasteiger partial charge in [-0.05, 0) is 26.2 Å². The van der Waals surface area contributed by atoms with Crippen molar-refractivity contribution in [3.05, 3.63) is 11.3 Å². The molecular formula is C12H20BrN3. The van der Waals surface area contributed by atoms with Crippen LogP contribution in [0.4, 0.5) is 5.82 Å². The Morgan fingerprint density at radius 2 is 2.19 bits per heavy atom. The third kappa shape index (κ3) is 2.12. The Morgan fingerprint density at radius 3 is 2.69 bits per heavy atom. The Morgan fingerprint density at radius 1 is 1.50 bits per heavy atom. The third-order valence-corrected chi connectivity index (χ3v) is 3.73. The first-order chi connectivity index (χ1) is 7.69. The highest BCUT2D eigenvalue weighted by Crippen LogP contribution is 2.35. The van der Waals surface area contributed by atoms with Gasteiger partial charge in [0.25, 0.3) is 0 Å². The minimum absolute atomic E-state index is 0.757. The summed E-state index contributed by atoms with van der Waals surface area (Å²) in [5, 5.41) is 5.44. The van der Waals surface area contributed by atoms with E-state index in [1.165, 1.54) is 30.6 Å². The zero-order valence-corrected chi connectivity index (χ0v) is 11.9. The van der Waals surface area contributed by atoms with Gasteiger partial charge in [-0.25, -0.2) is 0 Å². The molecule has 2 rings (SSSR count). The van der Waals surface area contributed by atoms with Gasteiger partial charge in [-0.2, -0.15) is 5.10 Å². The van der Waals surface area contributed by atoms with E-state index in [1.54, 1.807) is 0 Å². The van der Waals surface area contributed by atoms with Crippen LogP contribution in [0, 0.1) is 6.92 Å². The highest BCUT2D eigenvalue weighted by Gasteiger charge is 2.32. The minimum atomic E-state index is 0.757. The molecule has 1 heterocycles. The molecule has 1 aliphatic carbocycles. The molecule has 0 aromatic carbocycles. The molecule has 0 unspecified atom stereocenters. The predicted octanol–water partition coefficient (Wildman–Crippen LogP) is 3.00. The number of hydrogen-bond donors (Lipinski definition) is 0. The summed E-state index contributed by atoms with van der Waals surface area (Å²) in [5.74, 6) is 1.32. The van der Waals surface area contributed by atoms with Crippen LogP contribution in [-0.2, 0) is 12.4 Å². The van der Waals surface area contributed by atoms with Crippen LogP contribution >= 0.6 is 15.9 Å². The first-order valence-corrected chi connectivity index (χ1v) is 7.16. The van der Waals surface area contributed by atoms with Crippen molar-refractivity contribution in [2.45, 2.75) is 44.5 Å². The monoisotopic (exact) mass is 285 g/mol. The minimum Gasteiger partial charge on any atom is -0.354 e. The van der Waals surface area contributed by atoms with Crippen molar-refractivity contribution in [2.75, 3.05) is 11.4 Å². The third-order valence-electron chi connectivity index (χ3n) is 3.17. The molecule has 0 bridgehead atoms. The number of aromatic nitrogens is 2. The molecule has 1 aromatic heterocycles. The quantitative estimate of drug-likeness (QED) is 0.776. The first-order valence-electron chi connectivity index (χ1n) is 6.04. The van der Waals surface area contributed by atoms with E-state index < -0.39 is 0 Å². The van der Waals surface area contributed by atoms with E-state index in [0.717, 1.165) is 23.6 Å². The lowest BCUT2D eigenvalue weighted by atomic mass is 10.2. The van der Waals surface area contributed by atoms with Gasteiger partial charge in [0.15, 0.2) is 0 Å². The van der Waals surface area contributed by atoms with E-state index in [0.29, 0.717) is 0 Å². The molecular weight excluding hydrogens is 266 g/mol. The SMILES string of the molecule is CCCN(c1c(CBr)c(C)nn1C)C1CC1. The highest BCUT2D eigenvalue weighted by molar-refractivity contribution is 9.08. The summed E-state index contributed by atoms with van der Waals surface area (Å²) >= 11 is 3.58. The highest BCUT2D eigenvalue weighted by atomic mass is 79.9. The summed E-state index contributed by atoms with van der Waals surface area (Å²) in [6, 6.07) is 0.757. The smallest absolute Gasteiger partial charge is 0.131 e. The molecule has 0 N–H and O–H groups in total. The Kier molecular flexibility index (Phi) is 3.57. The van der Waals surface area contributed by atoms with E-state index >= 15 is 0 Å². The first kappa shape index (κ1) is 12.0. The van der Waals surface area contributed by atoms with E-state index in [4.69, 9.17) is 0 Å². The number of alkyl halides is 1. The molecule has 1 saturated carbocycles. The average Bonchev–Trinajstić information content (AvgIpc) is 3.02. The van der Waals surface area contributed by atoms with Crippen molar-refractivity contribution in [3.63, 3.8) is 0 Å². The van der Waals surface area contributed by atoms with E-state index in [1.807, 2.05) is 4.68 Å². The normalized spacial score (nSPS) is 15.5. The maximum Gasteiger partial charge on any atom is 0.131 e. The predicted molar refractivity (Wildman–Crippen MR) is 71.2 cm³/mol. The van der Waals surface area contributed by atoms with Crippen molar-refractivity contribution >= 4 is 21.7 Å². The molecule has 0 atom stereocenters. The number of rotatable bonds is 5. The van der Waals surface area contributed by atoms with Gasteiger partial charge in [-0.3, -0.25) is 4.68 Å². The van der Waals surface area contributed by atoms with Gasteiger partial charge in [-0.15, -0.1) is 0 Å². The van der Waals surface area contributed by atoms with E-state index in [9.17, 15) is 0 Å². The van der Waals surface area contributed by atoms with Crippen molar-refractivity contribution in [2.24, 2.45) is 7.05 Å². The topological polar surface area (TPSA) is 21.1 Å². The zero-order chi connectivity index (χ0) is 11.7. The number of hydrogen-bond acceptors (Lipinski definition) is 2. The second-order valence-corrected chi connectivity index (χ2v) is 5.13. The van der Waals surface area contributed by atoms with Crippen LogP contribution in [0.2, 0.25) is 0 Å². The van der Waals surface area contributed by atoms with Gasteiger partial charge in [0.2, 0.25) is 0 Å². The van der Waals surface area contributed by atoms with Crippen molar-refractivity contribution in [1.29, 1.82) is 0 Å². The summed E-state index contributed by atoms with van der Waals surface area (Å²) < 4.78 is 2.04. The van der Waals surface area contributed by atoms with Crippen molar-refractivity contribution in [3.8, 4) is 0 Å². The summed E-state index contributed by atoms with van der Waals surface area (Å²) in [6.45, 7) is 5.48. The molecule has 1 aliphatic rings. The van der Waals surface area contributed by atoms with Crippen molar-refractivity contribution < 1.29 is 0 Å². The maximum absolute atomic E-state index is 4.54. The van der Waals surface area contributed by atoms with Gasteiger partial charge in [-0.1, -0.05) is 22.9 Å². The van der Waals surface area contributed by atoms with Crippen LogP contribution in [0.25, 0.3) is 0 Å². The van der Waals surface area contributed by atoms with Gasteiger partial charge in [0.1, 0.15) is 5.82 Å². The summed E-state index contributed by atoms with van der Waals surface area (Å²) in [4.78, 5) is 2.54. The van der Waals surface area contributed by atoms with Gasteiger partial charge in [0, 0.05) is 30.5 Å². The van der Waals surface area contributed by atoms with Crippen molar-refractivity contribution in [1.82, 2.24) is 9.78 Å². The molecule has 1 aromatic rings. The fraction of sp³-hybridized carbons (Fsp3) is 0.750. The molecule has 3 nitrogen and oxygen atoms in total. The van der Waals surface area contributed by atoms with E-state index in [2.05, 4.69) is 46.8 Å². The summed E-state index contributed by atoms with van der Waals surface area (Å²) in [6.07, 6.45) is 3.88. The van der Waals surface area contributed by atoms with Gasteiger partial charge < -0.3 is 4.90 Å². The molecule has 0 amide bonds. The second-order valence-electron chi connectivity index (χ2n) is 4.57. The Hall–Kier alpha value is -0.510. The molecule has 4 heteroatoms. The standard InChI is InChI=1S/C12H20BrN3/c1-4-7-16(10-5-6-10)12-11(8-13)9(2)14-15(12)3/h10H,4-8H2,1-3H3. The lowest BCUT2D eigenvalue weighted by Gasteiger charge is -2.25. The summed E-state index contributed by atoms with van der Waals surface area (Å²) in [5.41, 5.74) is 2.50. The van der Waals surface area contributed by atoms with Crippen LogP contribution in [0.3, 0.4) is 0 Å². The van der Waals surface area contributed by atoms with Gasteiger partial charge in [0.05, 0.1) is 5.69 Å². The van der Waals surface area contributed by atoms with Crippen LogP contribution in [0.15, 0.2) is 0 Å². The fourth-order valence-corrected chi connectivity index (χ4v) is 2.95. The molecule has 16 heavy (non-hydrogen) atoms. The molecule has 0 radical (unpaired) electrons. The number of aryl methyl sites for hydroxylation is 2. The second kappa shape index (κ2) is 4.78. The van der Waals surface area contributed by atoms with Gasteiger partial charge >= 0.3 is 0 Å². The molecule has 90 valence electrons. The Labute approximate surface area is 106 Å². The molecule has 1 fully saturated rings. The lowest BCUT2D eigenvalue weighted by Crippen LogP contribution is -2.29. The van der Waals surface area contributed by atoms with Crippen LogP contribution < -0.4 is 4.90 Å². The lowest BCUT2D eigenvalue weighted by molar-refractivity contribution is 0.682. The van der Waals surface area contributed by atoms with Crippen LogP contribution in [-0.4, -0.2) is 22.4 Å². The molecule has 0 spiro atoms. The number of halogens is 1. The zero-order valence-electron chi connectivity index (χ0n) is 10.3. The summed E-state index contributed by atoms with van der Waals surface area (Å²) in [7, 11) is 2.06. The van der Waals surface area contributed by atoms with Crippen LogP contribution in [0.1, 0.15) is 37.4 Å². The molecule has 0 aliphatic heterocycles. The maximum atomic E-state index is 4.54.